The lowest BCUT2D eigenvalue weighted by Gasteiger charge is -2.39. The largest absolute Gasteiger partial charge is 0.481 e. The van der Waals surface area contributed by atoms with Gasteiger partial charge in [-0.25, -0.2) is 4.98 Å². The Morgan fingerprint density at radius 3 is 3.09 bits per heavy atom. The van der Waals surface area contributed by atoms with Crippen LogP contribution in [0, 0.1) is 5.92 Å². The van der Waals surface area contributed by atoms with Crippen LogP contribution >= 0.6 is 0 Å². The molecule has 3 rings (SSSR count). The molecule has 3 N–H and O–H groups in total. The molecule has 1 aliphatic rings. The van der Waals surface area contributed by atoms with Crippen LogP contribution in [0.3, 0.4) is 0 Å². The lowest BCUT2D eigenvalue weighted by atomic mass is 9.74. The molecule has 2 aromatic rings. The number of hydrogen-bond donors (Lipinski definition) is 3. The van der Waals surface area contributed by atoms with Crippen LogP contribution in [0.4, 0.5) is 0 Å². The van der Waals surface area contributed by atoms with E-state index in [2.05, 4.69) is 15.3 Å². The van der Waals surface area contributed by atoms with E-state index in [-0.39, 0.29) is 12.3 Å². The molecular formula is C17H21N3O3. The zero-order chi connectivity index (χ0) is 16.4. The third kappa shape index (κ3) is 3.06. The topological polar surface area (TPSA) is 95.1 Å². The molecule has 0 saturated heterocycles. The van der Waals surface area contributed by atoms with Crippen LogP contribution in [0.5, 0.6) is 0 Å². The van der Waals surface area contributed by atoms with E-state index < -0.39 is 17.4 Å². The number of carboxylic acids is 1. The van der Waals surface area contributed by atoms with Gasteiger partial charge >= 0.3 is 5.97 Å². The van der Waals surface area contributed by atoms with Crippen LogP contribution in [0.1, 0.15) is 38.2 Å². The quantitative estimate of drug-likeness (QED) is 0.806. The first-order chi connectivity index (χ1) is 11.0. The SMILES string of the molecule is CC1(NC(=O)Cc2c[nH]c3ncccc23)CCCCC1C(=O)O. The van der Waals surface area contributed by atoms with Crippen LogP contribution < -0.4 is 5.32 Å². The monoisotopic (exact) mass is 315 g/mol. The summed E-state index contributed by atoms with van der Waals surface area (Å²) >= 11 is 0. The molecule has 6 heteroatoms. The van der Waals surface area contributed by atoms with Gasteiger partial charge in [0.2, 0.25) is 5.91 Å². The molecule has 2 aromatic heterocycles. The predicted octanol–water partition coefficient (Wildman–Crippen LogP) is 2.26. The molecule has 0 radical (unpaired) electrons. The van der Waals surface area contributed by atoms with Gasteiger partial charge in [0.15, 0.2) is 0 Å². The number of amides is 1. The van der Waals surface area contributed by atoms with Crippen molar-refractivity contribution in [1.29, 1.82) is 0 Å². The molecule has 122 valence electrons. The first kappa shape index (κ1) is 15.5. The van der Waals surface area contributed by atoms with Crippen molar-refractivity contribution in [3.8, 4) is 0 Å². The number of aliphatic carboxylic acids is 1. The molecular weight excluding hydrogens is 294 g/mol. The minimum Gasteiger partial charge on any atom is -0.481 e. The van der Waals surface area contributed by atoms with Gasteiger partial charge in [-0.2, -0.15) is 0 Å². The maximum atomic E-state index is 12.5. The zero-order valence-corrected chi connectivity index (χ0v) is 13.1. The summed E-state index contributed by atoms with van der Waals surface area (Å²) in [6.45, 7) is 1.85. The molecule has 0 bridgehead atoms. The predicted molar refractivity (Wildman–Crippen MR) is 85.9 cm³/mol. The number of carbonyl (C=O) groups excluding carboxylic acids is 1. The summed E-state index contributed by atoms with van der Waals surface area (Å²) in [5.41, 5.74) is 0.949. The summed E-state index contributed by atoms with van der Waals surface area (Å²) in [5, 5.41) is 13.3. The van der Waals surface area contributed by atoms with Crippen molar-refractivity contribution in [2.45, 2.75) is 44.6 Å². The number of pyridine rings is 1. The Bertz CT molecular complexity index is 740. The highest BCUT2D eigenvalue weighted by molar-refractivity contribution is 5.87. The van der Waals surface area contributed by atoms with Crippen LogP contribution in [-0.2, 0) is 16.0 Å². The van der Waals surface area contributed by atoms with E-state index in [9.17, 15) is 14.7 Å². The zero-order valence-electron chi connectivity index (χ0n) is 13.1. The van der Waals surface area contributed by atoms with Crippen molar-refractivity contribution in [3.63, 3.8) is 0 Å². The number of H-pyrrole nitrogens is 1. The second-order valence-corrected chi connectivity index (χ2v) is 6.49. The Balaban J connectivity index is 1.74. The van der Waals surface area contributed by atoms with Crippen LogP contribution in [0.2, 0.25) is 0 Å². The van der Waals surface area contributed by atoms with Crippen molar-refractivity contribution in [1.82, 2.24) is 15.3 Å². The number of nitrogens with one attached hydrogen (secondary N) is 2. The normalized spacial score (nSPS) is 24.5. The Labute approximate surface area is 134 Å². The first-order valence-corrected chi connectivity index (χ1v) is 7.94. The number of rotatable bonds is 4. The molecule has 1 saturated carbocycles. The highest BCUT2D eigenvalue weighted by Gasteiger charge is 2.42. The Morgan fingerprint density at radius 1 is 1.48 bits per heavy atom. The molecule has 1 fully saturated rings. The smallest absolute Gasteiger partial charge is 0.308 e. The Kier molecular flexibility index (Phi) is 4.07. The maximum absolute atomic E-state index is 12.5. The number of hydrogen-bond acceptors (Lipinski definition) is 3. The third-order valence-corrected chi connectivity index (χ3v) is 4.82. The van der Waals surface area contributed by atoms with E-state index in [1.54, 1.807) is 12.4 Å². The summed E-state index contributed by atoms with van der Waals surface area (Å²) in [6, 6.07) is 3.75. The van der Waals surface area contributed by atoms with Gasteiger partial charge in [-0.1, -0.05) is 12.8 Å². The van der Waals surface area contributed by atoms with E-state index in [4.69, 9.17) is 0 Å². The van der Waals surface area contributed by atoms with Gasteiger partial charge in [-0.15, -0.1) is 0 Å². The van der Waals surface area contributed by atoms with Gasteiger partial charge in [0.1, 0.15) is 5.65 Å². The minimum atomic E-state index is -0.830. The lowest BCUT2D eigenvalue weighted by molar-refractivity contribution is -0.146. The van der Waals surface area contributed by atoms with Gasteiger partial charge in [-0.05, 0) is 37.5 Å². The molecule has 0 aromatic carbocycles. The maximum Gasteiger partial charge on any atom is 0.308 e. The van der Waals surface area contributed by atoms with E-state index in [1.807, 2.05) is 19.1 Å². The Hall–Kier alpha value is -2.37. The molecule has 6 nitrogen and oxygen atoms in total. The van der Waals surface area contributed by atoms with E-state index in [0.29, 0.717) is 12.8 Å². The molecule has 0 aliphatic heterocycles. The van der Waals surface area contributed by atoms with E-state index >= 15 is 0 Å². The number of aromatic nitrogens is 2. The summed E-state index contributed by atoms with van der Waals surface area (Å²) in [7, 11) is 0. The van der Waals surface area contributed by atoms with Gasteiger partial charge < -0.3 is 15.4 Å². The number of carbonyl (C=O) groups is 2. The average Bonchev–Trinajstić information content (AvgIpc) is 2.90. The Morgan fingerprint density at radius 2 is 2.30 bits per heavy atom. The molecule has 2 atom stereocenters. The van der Waals surface area contributed by atoms with Gasteiger partial charge in [0.25, 0.3) is 0 Å². The fourth-order valence-corrected chi connectivity index (χ4v) is 3.57. The second-order valence-electron chi connectivity index (χ2n) is 6.49. The van der Waals surface area contributed by atoms with Crippen molar-refractivity contribution in [2.24, 2.45) is 5.92 Å². The van der Waals surface area contributed by atoms with Crippen molar-refractivity contribution >= 4 is 22.9 Å². The standard InChI is InChI=1S/C17H21N3O3/c1-17(7-3-2-6-13(17)16(22)23)20-14(21)9-11-10-19-15-12(11)5-4-8-18-15/h4-5,8,10,13H,2-3,6-7,9H2,1H3,(H,18,19)(H,20,21)(H,22,23). The molecule has 2 heterocycles. The molecule has 1 amide bonds. The second kappa shape index (κ2) is 6.02. The van der Waals surface area contributed by atoms with Crippen LogP contribution in [-0.4, -0.2) is 32.5 Å². The van der Waals surface area contributed by atoms with E-state index in [0.717, 1.165) is 29.4 Å². The number of aromatic amines is 1. The first-order valence-electron chi connectivity index (χ1n) is 7.94. The van der Waals surface area contributed by atoms with Gasteiger partial charge in [0, 0.05) is 17.8 Å². The summed E-state index contributed by atoms with van der Waals surface area (Å²) in [4.78, 5) is 31.2. The lowest BCUT2D eigenvalue weighted by Crippen LogP contribution is -2.55. The van der Waals surface area contributed by atoms with E-state index in [1.165, 1.54) is 0 Å². The molecule has 1 aliphatic carbocycles. The average molecular weight is 315 g/mol. The fourth-order valence-electron chi connectivity index (χ4n) is 3.57. The number of fused-ring (bicyclic) bond motifs is 1. The van der Waals surface area contributed by atoms with Gasteiger partial charge in [0.05, 0.1) is 17.9 Å². The van der Waals surface area contributed by atoms with Crippen molar-refractivity contribution in [2.75, 3.05) is 0 Å². The van der Waals surface area contributed by atoms with Crippen molar-refractivity contribution < 1.29 is 14.7 Å². The molecule has 0 spiro atoms. The van der Waals surface area contributed by atoms with Gasteiger partial charge in [-0.3, -0.25) is 9.59 Å². The third-order valence-electron chi connectivity index (χ3n) is 4.82. The number of carboxylic acid groups (broad SMARTS) is 1. The van der Waals surface area contributed by atoms with Crippen molar-refractivity contribution in [3.05, 3.63) is 30.1 Å². The highest BCUT2D eigenvalue weighted by Crippen LogP contribution is 2.34. The van der Waals surface area contributed by atoms with Crippen LogP contribution in [0.25, 0.3) is 11.0 Å². The molecule has 2 unspecified atom stereocenters. The molecule has 23 heavy (non-hydrogen) atoms. The fraction of sp³-hybridized carbons (Fsp3) is 0.471. The highest BCUT2D eigenvalue weighted by atomic mass is 16.4. The number of nitrogens with zero attached hydrogens (tertiary/aromatic N) is 1. The summed E-state index contributed by atoms with van der Waals surface area (Å²) in [6.07, 6.45) is 6.86. The summed E-state index contributed by atoms with van der Waals surface area (Å²) in [5.74, 6) is -1.50. The van der Waals surface area contributed by atoms with Crippen LogP contribution in [0.15, 0.2) is 24.5 Å². The summed E-state index contributed by atoms with van der Waals surface area (Å²) < 4.78 is 0. The minimum absolute atomic E-state index is 0.148.